The molecule has 3 heteroatoms. The maximum absolute atomic E-state index is 12.4. The Morgan fingerprint density at radius 1 is 1.44 bits per heavy atom. The zero-order valence-electron chi connectivity index (χ0n) is 10.9. The minimum Gasteiger partial charge on any atom is -0.329 e. The largest absolute Gasteiger partial charge is 0.329 e. The summed E-state index contributed by atoms with van der Waals surface area (Å²) < 4.78 is 0. The summed E-state index contributed by atoms with van der Waals surface area (Å²) in [5.74, 6) is 0.231. The molecule has 96 valence electrons. The molecule has 1 saturated heterocycles. The molecule has 3 nitrogen and oxygen atoms in total. The lowest BCUT2D eigenvalue weighted by molar-refractivity contribution is 0.0691. The van der Waals surface area contributed by atoms with Crippen molar-refractivity contribution in [3.63, 3.8) is 0 Å². The van der Waals surface area contributed by atoms with E-state index in [2.05, 4.69) is 30.4 Å². The molecule has 1 aromatic carbocycles. The zero-order valence-corrected chi connectivity index (χ0v) is 10.9. The van der Waals surface area contributed by atoms with Gasteiger partial charge in [0.2, 0.25) is 0 Å². The Morgan fingerprint density at radius 3 is 3.17 bits per heavy atom. The predicted molar refractivity (Wildman–Crippen MR) is 71.7 cm³/mol. The highest BCUT2D eigenvalue weighted by Crippen LogP contribution is 2.34. The fourth-order valence-corrected chi connectivity index (χ4v) is 3.00. The Kier molecular flexibility index (Phi) is 3.08. The van der Waals surface area contributed by atoms with Gasteiger partial charge in [-0.25, -0.2) is 0 Å². The Labute approximate surface area is 108 Å². The molecular weight excluding hydrogens is 224 g/mol. The van der Waals surface area contributed by atoms with Gasteiger partial charge in [-0.2, -0.15) is 0 Å². The average molecular weight is 244 g/mol. The van der Waals surface area contributed by atoms with Gasteiger partial charge in [-0.15, -0.1) is 0 Å². The lowest BCUT2D eigenvalue weighted by atomic mass is 9.99. The van der Waals surface area contributed by atoms with Gasteiger partial charge in [0.15, 0.2) is 0 Å². The second-order valence-electron chi connectivity index (χ2n) is 5.24. The highest BCUT2D eigenvalue weighted by molar-refractivity contribution is 5.99. The van der Waals surface area contributed by atoms with Crippen molar-refractivity contribution in [2.45, 2.75) is 32.2 Å². The molecule has 3 rings (SSSR count). The van der Waals surface area contributed by atoms with E-state index in [0.717, 1.165) is 31.6 Å². The summed E-state index contributed by atoms with van der Waals surface area (Å²) in [5, 5.41) is 3.37. The molecule has 1 aromatic rings. The van der Waals surface area contributed by atoms with Crippen molar-refractivity contribution in [3.05, 3.63) is 34.9 Å². The van der Waals surface area contributed by atoms with Gasteiger partial charge in [-0.3, -0.25) is 4.79 Å². The molecular formula is C15H20N2O. The van der Waals surface area contributed by atoms with Crippen LogP contribution in [0.5, 0.6) is 0 Å². The van der Waals surface area contributed by atoms with Crippen LogP contribution in [0.1, 0.15) is 47.3 Å². The standard InChI is InChI=1S/C15H20N2O/c1-2-3-4-11-5-6-12-13(9-11)15(18)17-8-7-16-10-14(12)17/h5-6,9,14,16H,2-4,7-8,10H2,1H3. The molecule has 1 atom stereocenters. The Hall–Kier alpha value is -1.35. The van der Waals surface area contributed by atoms with E-state index in [4.69, 9.17) is 0 Å². The summed E-state index contributed by atoms with van der Waals surface area (Å²) in [7, 11) is 0. The minimum atomic E-state index is 0.231. The van der Waals surface area contributed by atoms with Crippen molar-refractivity contribution in [3.8, 4) is 0 Å². The van der Waals surface area contributed by atoms with Gasteiger partial charge in [0.05, 0.1) is 6.04 Å². The summed E-state index contributed by atoms with van der Waals surface area (Å²) in [4.78, 5) is 14.4. The van der Waals surface area contributed by atoms with E-state index >= 15 is 0 Å². The number of hydrogen-bond acceptors (Lipinski definition) is 2. The number of nitrogens with zero attached hydrogens (tertiary/aromatic N) is 1. The molecule has 2 aliphatic heterocycles. The normalized spacial score (nSPS) is 21.9. The van der Waals surface area contributed by atoms with E-state index in [1.165, 1.54) is 24.0 Å². The van der Waals surface area contributed by atoms with E-state index < -0.39 is 0 Å². The number of fused-ring (bicyclic) bond motifs is 3. The molecule has 0 aromatic heterocycles. The predicted octanol–water partition coefficient (Wildman–Crippen LogP) is 2.13. The second-order valence-corrected chi connectivity index (χ2v) is 5.24. The fourth-order valence-electron chi connectivity index (χ4n) is 3.00. The SMILES string of the molecule is CCCCc1ccc2c(c1)C(=O)N1CCNCC21. The quantitative estimate of drug-likeness (QED) is 0.883. The van der Waals surface area contributed by atoms with Crippen LogP contribution in [-0.4, -0.2) is 30.4 Å². The molecule has 0 bridgehead atoms. The van der Waals surface area contributed by atoms with E-state index in [9.17, 15) is 4.79 Å². The zero-order chi connectivity index (χ0) is 12.5. The number of piperazine rings is 1. The molecule has 1 N–H and O–H groups in total. The number of aryl methyl sites for hydroxylation is 1. The Bertz CT molecular complexity index is 470. The van der Waals surface area contributed by atoms with Crippen molar-refractivity contribution in [2.24, 2.45) is 0 Å². The number of carbonyl (C=O) groups excluding carboxylic acids is 1. The number of amides is 1. The van der Waals surface area contributed by atoms with Crippen LogP contribution < -0.4 is 5.32 Å². The molecule has 2 heterocycles. The lowest BCUT2D eigenvalue weighted by Gasteiger charge is -2.30. The van der Waals surface area contributed by atoms with Gasteiger partial charge in [-0.05, 0) is 30.0 Å². The molecule has 0 spiro atoms. The van der Waals surface area contributed by atoms with Crippen molar-refractivity contribution in [1.82, 2.24) is 10.2 Å². The van der Waals surface area contributed by atoms with Gasteiger partial charge in [0, 0.05) is 25.2 Å². The summed E-state index contributed by atoms with van der Waals surface area (Å²) in [6.45, 7) is 4.85. The number of benzene rings is 1. The van der Waals surface area contributed by atoms with E-state index in [0.29, 0.717) is 0 Å². The lowest BCUT2D eigenvalue weighted by Crippen LogP contribution is -2.44. The molecule has 18 heavy (non-hydrogen) atoms. The number of carbonyl (C=O) groups is 1. The van der Waals surface area contributed by atoms with E-state index in [1.807, 2.05) is 4.90 Å². The minimum absolute atomic E-state index is 0.231. The van der Waals surface area contributed by atoms with Gasteiger partial charge in [-0.1, -0.05) is 25.5 Å². The van der Waals surface area contributed by atoms with E-state index in [-0.39, 0.29) is 11.9 Å². The number of rotatable bonds is 3. The first-order valence-corrected chi connectivity index (χ1v) is 6.95. The number of nitrogens with one attached hydrogen (secondary N) is 1. The van der Waals surface area contributed by atoms with Gasteiger partial charge >= 0.3 is 0 Å². The van der Waals surface area contributed by atoms with Crippen LogP contribution in [0.25, 0.3) is 0 Å². The maximum Gasteiger partial charge on any atom is 0.254 e. The third kappa shape index (κ3) is 1.83. The summed E-state index contributed by atoms with van der Waals surface area (Å²) in [6, 6.07) is 6.74. The van der Waals surface area contributed by atoms with E-state index in [1.54, 1.807) is 0 Å². The van der Waals surface area contributed by atoms with Gasteiger partial charge in [0.25, 0.3) is 5.91 Å². The smallest absolute Gasteiger partial charge is 0.254 e. The topological polar surface area (TPSA) is 32.3 Å². The first-order valence-electron chi connectivity index (χ1n) is 6.95. The first-order chi connectivity index (χ1) is 8.81. The van der Waals surface area contributed by atoms with Gasteiger partial charge < -0.3 is 10.2 Å². The second kappa shape index (κ2) is 4.73. The monoisotopic (exact) mass is 244 g/mol. The van der Waals surface area contributed by atoms with Crippen molar-refractivity contribution < 1.29 is 4.79 Å². The third-order valence-corrected chi connectivity index (χ3v) is 4.03. The fraction of sp³-hybridized carbons (Fsp3) is 0.533. The molecule has 2 aliphatic rings. The maximum atomic E-state index is 12.4. The van der Waals surface area contributed by atoms with Crippen LogP contribution in [-0.2, 0) is 6.42 Å². The van der Waals surface area contributed by atoms with Crippen molar-refractivity contribution in [2.75, 3.05) is 19.6 Å². The van der Waals surface area contributed by atoms with Crippen LogP contribution in [0.15, 0.2) is 18.2 Å². The summed E-state index contributed by atoms with van der Waals surface area (Å²) >= 11 is 0. The number of hydrogen-bond donors (Lipinski definition) is 1. The van der Waals surface area contributed by atoms with Gasteiger partial charge in [0.1, 0.15) is 0 Å². The molecule has 0 aliphatic carbocycles. The number of unbranched alkanes of at least 4 members (excludes halogenated alkanes) is 1. The average Bonchev–Trinajstić information content (AvgIpc) is 2.71. The van der Waals surface area contributed by atoms with Crippen LogP contribution >= 0.6 is 0 Å². The molecule has 1 amide bonds. The van der Waals surface area contributed by atoms with Crippen LogP contribution in [0.2, 0.25) is 0 Å². The molecule has 1 unspecified atom stereocenters. The molecule has 0 radical (unpaired) electrons. The highest BCUT2D eigenvalue weighted by Gasteiger charge is 2.37. The Morgan fingerprint density at radius 2 is 2.33 bits per heavy atom. The van der Waals surface area contributed by atoms with Crippen LogP contribution in [0.3, 0.4) is 0 Å². The summed E-state index contributed by atoms with van der Waals surface area (Å²) in [5.41, 5.74) is 3.46. The van der Waals surface area contributed by atoms with Crippen LogP contribution in [0, 0.1) is 0 Å². The Balaban J connectivity index is 1.91. The molecule has 0 saturated carbocycles. The van der Waals surface area contributed by atoms with Crippen LogP contribution in [0.4, 0.5) is 0 Å². The van der Waals surface area contributed by atoms with Crippen molar-refractivity contribution in [1.29, 1.82) is 0 Å². The molecule has 1 fully saturated rings. The third-order valence-electron chi connectivity index (χ3n) is 4.03. The first kappa shape index (κ1) is 11.7. The highest BCUT2D eigenvalue weighted by atomic mass is 16.2. The summed E-state index contributed by atoms with van der Waals surface area (Å²) in [6.07, 6.45) is 3.48. The van der Waals surface area contributed by atoms with Crippen molar-refractivity contribution >= 4 is 5.91 Å².